The number of benzene rings is 2. The number of nitrogens with zero attached hydrogens (tertiary/aromatic N) is 4. The van der Waals surface area contributed by atoms with E-state index in [1.165, 1.54) is 11.1 Å². The minimum atomic E-state index is 0.411. The number of methoxy groups -OCH3 is 1. The van der Waals surface area contributed by atoms with E-state index in [4.69, 9.17) is 4.74 Å². The Morgan fingerprint density at radius 3 is 2.58 bits per heavy atom. The van der Waals surface area contributed by atoms with Crippen molar-refractivity contribution in [2.24, 2.45) is 0 Å². The average Bonchev–Trinajstić information content (AvgIpc) is 3.24. The van der Waals surface area contributed by atoms with Crippen molar-refractivity contribution in [3.05, 3.63) is 71.6 Å². The van der Waals surface area contributed by atoms with Gasteiger partial charge in [0.1, 0.15) is 11.6 Å². The fourth-order valence-electron chi connectivity index (χ4n) is 4.25. The van der Waals surface area contributed by atoms with Crippen LogP contribution in [-0.2, 0) is 0 Å². The number of aromatic nitrogens is 3. The second kappa shape index (κ2) is 10.2. The highest BCUT2D eigenvalue weighted by Crippen LogP contribution is 2.32. The molecule has 0 radical (unpaired) electrons. The van der Waals surface area contributed by atoms with Gasteiger partial charge in [-0.3, -0.25) is 9.47 Å². The Bertz CT molecular complexity index is 1020. The van der Waals surface area contributed by atoms with Crippen LogP contribution in [0.15, 0.2) is 65.3 Å². The van der Waals surface area contributed by atoms with Crippen LogP contribution in [0.3, 0.4) is 0 Å². The summed E-state index contributed by atoms with van der Waals surface area (Å²) in [6, 6.07) is 18.7. The van der Waals surface area contributed by atoms with E-state index in [9.17, 15) is 0 Å². The molecule has 162 valence electrons. The molecular formula is C25H30N4OS. The second-order valence-electron chi connectivity index (χ2n) is 8.03. The fourth-order valence-corrected chi connectivity index (χ4v) is 4.76. The van der Waals surface area contributed by atoms with Crippen molar-refractivity contribution in [1.82, 2.24) is 19.7 Å². The molecule has 0 spiro atoms. The molecule has 5 nitrogen and oxygen atoms in total. The zero-order valence-corrected chi connectivity index (χ0v) is 19.3. The van der Waals surface area contributed by atoms with E-state index >= 15 is 0 Å². The highest BCUT2D eigenvalue weighted by molar-refractivity contribution is 7.98. The fraction of sp³-hybridized carbons (Fsp3) is 0.360. The quantitative estimate of drug-likeness (QED) is 0.473. The second-order valence-corrected chi connectivity index (χ2v) is 8.81. The maximum Gasteiger partial charge on any atom is 0.195 e. The van der Waals surface area contributed by atoms with E-state index in [0.717, 1.165) is 54.9 Å². The summed E-state index contributed by atoms with van der Waals surface area (Å²) in [5, 5.41) is 10.00. The van der Waals surface area contributed by atoms with Gasteiger partial charge in [0, 0.05) is 18.5 Å². The molecule has 3 aromatic rings. The van der Waals surface area contributed by atoms with Crippen LogP contribution in [0.25, 0.3) is 11.8 Å². The molecule has 1 aliphatic heterocycles. The van der Waals surface area contributed by atoms with E-state index in [1.807, 2.05) is 12.1 Å². The topological polar surface area (TPSA) is 43.2 Å². The Balaban J connectivity index is 1.45. The van der Waals surface area contributed by atoms with Gasteiger partial charge in [0.15, 0.2) is 5.16 Å². The van der Waals surface area contributed by atoms with Gasteiger partial charge >= 0.3 is 0 Å². The molecule has 0 bridgehead atoms. The van der Waals surface area contributed by atoms with Crippen molar-refractivity contribution in [3.63, 3.8) is 0 Å². The Hall–Kier alpha value is -2.57. The van der Waals surface area contributed by atoms with Crippen molar-refractivity contribution < 1.29 is 4.74 Å². The highest BCUT2D eigenvalue weighted by Gasteiger charge is 2.27. The average molecular weight is 435 g/mol. The smallest absolute Gasteiger partial charge is 0.195 e. The number of hydrogen-bond donors (Lipinski definition) is 0. The lowest BCUT2D eigenvalue weighted by atomic mass is 9.95. The normalized spacial score (nSPS) is 15.9. The molecule has 0 atom stereocenters. The number of rotatable bonds is 7. The number of piperidine rings is 1. The summed E-state index contributed by atoms with van der Waals surface area (Å²) in [6.45, 7) is 5.39. The van der Waals surface area contributed by atoms with Crippen LogP contribution in [0.4, 0.5) is 0 Å². The zero-order chi connectivity index (χ0) is 21.6. The van der Waals surface area contributed by atoms with Crippen LogP contribution in [0.1, 0.15) is 37.1 Å². The lowest BCUT2D eigenvalue weighted by Crippen LogP contribution is -2.34. The van der Waals surface area contributed by atoms with E-state index in [-0.39, 0.29) is 0 Å². The molecule has 31 heavy (non-hydrogen) atoms. The maximum absolute atomic E-state index is 5.43. The Labute approximate surface area is 189 Å². The number of likely N-dealkylation sites (tertiary alicyclic amines) is 1. The summed E-state index contributed by atoms with van der Waals surface area (Å²) in [4.78, 5) is 2.55. The molecule has 1 aromatic heterocycles. The van der Waals surface area contributed by atoms with Gasteiger partial charge in [-0.2, -0.15) is 0 Å². The molecule has 1 aliphatic rings. The lowest BCUT2D eigenvalue weighted by Gasteiger charge is -2.32. The minimum absolute atomic E-state index is 0.411. The molecule has 2 aromatic carbocycles. The van der Waals surface area contributed by atoms with Crippen molar-refractivity contribution in [3.8, 4) is 11.4 Å². The maximum atomic E-state index is 5.43. The van der Waals surface area contributed by atoms with Crippen molar-refractivity contribution in [1.29, 1.82) is 0 Å². The monoisotopic (exact) mass is 434 g/mol. The standard InChI is InChI=1S/C25H30N4OS/c1-19(16-20-8-5-4-6-9-20)18-28-14-12-21(13-15-28)24-26-27-25(31-3)29(24)22-10-7-11-23(17-22)30-2/h4-11,16-17,21H,12-15,18H2,1-3H3/b19-16+. The van der Waals surface area contributed by atoms with Gasteiger partial charge in [-0.05, 0) is 56.8 Å². The summed E-state index contributed by atoms with van der Waals surface area (Å²) in [7, 11) is 1.70. The van der Waals surface area contributed by atoms with E-state index in [2.05, 4.69) is 81.4 Å². The number of ether oxygens (including phenoxy) is 1. The Morgan fingerprint density at radius 2 is 1.87 bits per heavy atom. The molecule has 6 heteroatoms. The molecule has 0 unspecified atom stereocenters. The predicted octanol–water partition coefficient (Wildman–Crippen LogP) is 5.28. The summed E-state index contributed by atoms with van der Waals surface area (Å²) in [5.41, 5.74) is 3.73. The molecule has 0 N–H and O–H groups in total. The summed E-state index contributed by atoms with van der Waals surface area (Å²) < 4.78 is 7.63. The Kier molecular flexibility index (Phi) is 7.10. The van der Waals surface area contributed by atoms with Gasteiger partial charge in [0.2, 0.25) is 0 Å². The van der Waals surface area contributed by atoms with Crippen LogP contribution < -0.4 is 4.74 Å². The Morgan fingerprint density at radius 1 is 1.10 bits per heavy atom. The summed E-state index contributed by atoms with van der Waals surface area (Å²) >= 11 is 1.63. The van der Waals surface area contributed by atoms with E-state index in [1.54, 1.807) is 18.9 Å². The SMILES string of the molecule is COc1cccc(-n2c(SC)nnc2C2CCN(C/C(C)=C/c3ccccc3)CC2)c1. The van der Waals surface area contributed by atoms with Crippen LogP contribution in [0.2, 0.25) is 0 Å². The van der Waals surface area contributed by atoms with Gasteiger partial charge < -0.3 is 4.74 Å². The van der Waals surface area contributed by atoms with Crippen LogP contribution in [-0.4, -0.2) is 52.7 Å². The molecule has 2 heterocycles. The summed E-state index contributed by atoms with van der Waals surface area (Å²) in [5.74, 6) is 2.32. The third-order valence-electron chi connectivity index (χ3n) is 5.79. The van der Waals surface area contributed by atoms with Crippen LogP contribution >= 0.6 is 11.8 Å². The molecule has 4 rings (SSSR count). The highest BCUT2D eigenvalue weighted by atomic mass is 32.2. The third kappa shape index (κ3) is 5.20. The first-order valence-electron chi connectivity index (χ1n) is 10.8. The first-order valence-corrected chi connectivity index (χ1v) is 12.0. The number of hydrogen-bond acceptors (Lipinski definition) is 5. The van der Waals surface area contributed by atoms with E-state index in [0.29, 0.717) is 5.92 Å². The molecule has 0 amide bonds. The molecule has 1 saturated heterocycles. The molecule has 1 fully saturated rings. The van der Waals surface area contributed by atoms with Crippen LogP contribution in [0, 0.1) is 0 Å². The minimum Gasteiger partial charge on any atom is -0.497 e. The zero-order valence-electron chi connectivity index (χ0n) is 18.5. The predicted molar refractivity (Wildman–Crippen MR) is 128 cm³/mol. The molecule has 0 aliphatic carbocycles. The van der Waals surface area contributed by atoms with Gasteiger partial charge in [0.25, 0.3) is 0 Å². The van der Waals surface area contributed by atoms with Crippen molar-refractivity contribution in [2.75, 3.05) is 33.0 Å². The molecular weight excluding hydrogens is 404 g/mol. The van der Waals surface area contributed by atoms with E-state index < -0.39 is 0 Å². The van der Waals surface area contributed by atoms with Crippen molar-refractivity contribution >= 4 is 17.8 Å². The van der Waals surface area contributed by atoms with Gasteiger partial charge in [-0.15, -0.1) is 10.2 Å². The first kappa shape index (κ1) is 21.7. The third-order valence-corrected chi connectivity index (χ3v) is 6.42. The number of thioether (sulfide) groups is 1. The van der Waals surface area contributed by atoms with Gasteiger partial charge in [-0.1, -0.05) is 59.8 Å². The van der Waals surface area contributed by atoms with Gasteiger partial charge in [0.05, 0.1) is 12.8 Å². The lowest BCUT2D eigenvalue weighted by molar-refractivity contribution is 0.224. The summed E-state index contributed by atoms with van der Waals surface area (Å²) in [6.07, 6.45) is 6.52. The van der Waals surface area contributed by atoms with Crippen LogP contribution in [0.5, 0.6) is 5.75 Å². The first-order chi connectivity index (χ1) is 15.2. The van der Waals surface area contributed by atoms with Gasteiger partial charge in [-0.25, -0.2) is 0 Å². The largest absolute Gasteiger partial charge is 0.497 e. The van der Waals surface area contributed by atoms with Crippen molar-refractivity contribution in [2.45, 2.75) is 30.8 Å². The molecule has 0 saturated carbocycles.